The number of amides is 1. The highest BCUT2D eigenvalue weighted by Gasteiger charge is 2.23. The average molecular weight is 188 g/mol. The lowest BCUT2D eigenvalue weighted by atomic mass is 9.92. The molecule has 0 heterocycles. The van der Waals surface area contributed by atoms with Crippen molar-refractivity contribution in [3.63, 3.8) is 0 Å². The van der Waals surface area contributed by atoms with Crippen LogP contribution >= 0.6 is 0 Å². The van der Waals surface area contributed by atoms with Gasteiger partial charge in [0.15, 0.2) is 0 Å². The minimum Gasteiger partial charge on any atom is -0.389 e. The van der Waals surface area contributed by atoms with Crippen LogP contribution in [0.25, 0.3) is 0 Å². The monoisotopic (exact) mass is 188 g/mol. The molecule has 0 aromatic heterocycles. The van der Waals surface area contributed by atoms with Gasteiger partial charge in [0.25, 0.3) is 0 Å². The van der Waals surface area contributed by atoms with Gasteiger partial charge in [0, 0.05) is 19.5 Å². The molecule has 0 fully saturated rings. The SMILES string of the molecule is CC(C)C(C)(O)CNCCC(N)=O. The molecule has 0 rings (SSSR count). The quantitative estimate of drug-likeness (QED) is 0.508. The fourth-order valence-corrected chi connectivity index (χ4v) is 0.757. The van der Waals surface area contributed by atoms with Crippen LogP contribution in [0.15, 0.2) is 0 Å². The van der Waals surface area contributed by atoms with Gasteiger partial charge >= 0.3 is 0 Å². The molecular formula is C9H20N2O2. The molecule has 4 N–H and O–H groups in total. The average Bonchev–Trinajstić information content (AvgIpc) is 1.97. The van der Waals surface area contributed by atoms with Crippen molar-refractivity contribution in [2.24, 2.45) is 11.7 Å². The van der Waals surface area contributed by atoms with E-state index in [1.54, 1.807) is 6.92 Å². The van der Waals surface area contributed by atoms with Crippen molar-refractivity contribution in [2.75, 3.05) is 13.1 Å². The van der Waals surface area contributed by atoms with Gasteiger partial charge in [-0.1, -0.05) is 13.8 Å². The zero-order chi connectivity index (χ0) is 10.5. The largest absolute Gasteiger partial charge is 0.389 e. The van der Waals surface area contributed by atoms with Crippen LogP contribution in [0.1, 0.15) is 27.2 Å². The molecule has 0 aliphatic rings. The van der Waals surface area contributed by atoms with E-state index in [4.69, 9.17) is 5.73 Å². The summed E-state index contributed by atoms with van der Waals surface area (Å²) in [6.45, 7) is 6.69. The van der Waals surface area contributed by atoms with E-state index in [1.807, 2.05) is 13.8 Å². The standard InChI is InChI=1S/C9H20N2O2/c1-7(2)9(3,13)6-11-5-4-8(10)12/h7,11,13H,4-6H2,1-3H3,(H2,10,12). The van der Waals surface area contributed by atoms with Crippen LogP contribution in [-0.4, -0.2) is 29.7 Å². The summed E-state index contributed by atoms with van der Waals surface area (Å²) in [6.07, 6.45) is 0.314. The maximum absolute atomic E-state index is 10.4. The molecule has 0 spiro atoms. The first-order chi connectivity index (χ1) is 5.86. The predicted octanol–water partition coefficient (Wildman–Crippen LogP) is -0.142. The number of primary amides is 1. The number of hydrogen-bond acceptors (Lipinski definition) is 3. The first-order valence-electron chi connectivity index (χ1n) is 4.57. The molecule has 0 saturated heterocycles. The molecule has 0 aromatic rings. The highest BCUT2D eigenvalue weighted by atomic mass is 16.3. The molecule has 4 nitrogen and oxygen atoms in total. The molecule has 0 bridgehead atoms. The Labute approximate surface area is 79.5 Å². The van der Waals surface area contributed by atoms with Gasteiger partial charge in [-0.2, -0.15) is 0 Å². The lowest BCUT2D eigenvalue weighted by Gasteiger charge is -2.27. The van der Waals surface area contributed by atoms with E-state index in [-0.39, 0.29) is 11.8 Å². The van der Waals surface area contributed by atoms with Gasteiger partial charge in [-0.05, 0) is 12.8 Å². The predicted molar refractivity (Wildman–Crippen MR) is 52.1 cm³/mol. The number of aliphatic hydroxyl groups is 1. The Bertz CT molecular complexity index is 167. The second-order valence-electron chi connectivity index (χ2n) is 3.90. The minimum absolute atomic E-state index is 0.188. The molecule has 4 heteroatoms. The van der Waals surface area contributed by atoms with Gasteiger partial charge in [-0.15, -0.1) is 0 Å². The molecule has 0 saturated carbocycles. The van der Waals surface area contributed by atoms with Crippen LogP contribution in [0.3, 0.4) is 0 Å². The van der Waals surface area contributed by atoms with E-state index in [1.165, 1.54) is 0 Å². The molecule has 0 aliphatic carbocycles. The number of carbonyl (C=O) groups excluding carboxylic acids is 1. The number of nitrogens with two attached hydrogens (primary N) is 1. The van der Waals surface area contributed by atoms with E-state index >= 15 is 0 Å². The molecule has 13 heavy (non-hydrogen) atoms. The van der Waals surface area contributed by atoms with Crippen LogP contribution < -0.4 is 11.1 Å². The summed E-state index contributed by atoms with van der Waals surface area (Å²) in [5, 5.41) is 12.8. The van der Waals surface area contributed by atoms with Crippen LogP contribution in [0.2, 0.25) is 0 Å². The molecule has 0 radical (unpaired) electrons. The molecule has 1 unspecified atom stereocenters. The van der Waals surface area contributed by atoms with Gasteiger partial charge in [-0.25, -0.2) is 0 Å². The Kier molecular flexibility index (Phi) is 4.95. The minimum atomic E-state index is -0.725. The molecule has 0 aliphatic heterocycles. The topological polar surface area (TPSA) is 75.3 Å². The smallest absolute Gasteiger partial charge is 0.218 e. The van der Waals surface area contributed by atoms with Gasteiger partial charge in [0.1, 0.15) is 0 Å². The van der Waals surface area contributed by atoms with Crippen molar-refractivity contribution in [1.82, 2.24) is 5.32 Å². The van der Waals surface area contributed by atoms with Crippen molar-refractivity contribution in [2.45, 2.75) is 32.8 Å². The van der Waals surface area contributed by atoms with Crippen molar-refractivity contribution >= 4 is 5.91 Å². The van der Waals surface area contributed by atoms with Crippen molar-refractivity contribution < 1.29 is 9.90 Å². The van der Waals surface area contributed by atoms with Crippen molar-refractivity contribution in [3.8, 4) is 0 Å². The summed E-state index contributed by atoms with van der Waals surface area (Å²) in [6, 6.07) is 0. The summed E-state index contributed by atoms with van der Waals surface area (Å²) >= 11 is 0. The lowest BCUT2D eigenvalue weighted by Crippen LogP contribution is -2.42. The van der Waals surface area contributed by atoms with Crippen LogP contribution in [-0.2, 0) is 4.79 Å². The highest BCUT2D eigenvalue weighted by Crippen LogP contribution is 2.14. The zero-order valence-corrected chi connectivity index (χ0v) is 8.63. The Morgan fingerprint density at radius 2 is 2.15 bits per heavy atom. The highest BCUT2D eigenvalue weighted by molar-refractivity contribution is 5.73. The Hall–Kier alpha value is -0.610. The molecule has 0 aromatic carbocycles. The summed E-state index contributed by atoms with van der Waals surface area (Å²) in [4.78, 5) is 10.4. The summed E-state index contributed by atoms with van der Waals surface area (Å²) in [7, 11) is 0. The number of hydrogen-bond donors (Lipinski definition) is 3. The molecule has 1 amide bonds. The lowest BCUT2D eigenvalue weighted by molar-refractivity contribution is -0.118. The summed E-state index contributed by atoms with van der Waals surface area (Å²) in [5.41, 5.74) is 4.24. The third kappa shape index (κ3) is 5.60. The van der Waals surface area contributed by atoms with E-state index in [0.717, 1.165) is 0 Å². The fraction of sp³-hybridized carbons (Fsp3) is 0.889. The van der Waals surface area contributed by atoms with E-state index < -0.39 is 5.60 Å². The third-order valence-electron chi connectivity index (χ3n) is 2.27. The fourth-order valence-electron chi connectivity index (χ4n) is 0.757. The summed E-state index contributed by atoms with van der Waals surface area (Å²) < 4.78 is 0. The Morgan fingerprint density at radius 3 is 2.54 bits per heavy atom. The van der Waals surface area contributed by atoms with E-state index in [2.05, 4.69) is 5.32 Å². The first-order valence-corrected chi connectivity index (χ1v) is 4.57. The molecular weight excluding hydrogens is 168 g/mol. The van der Waals surface area contributed by atoms with Gasteiger partial charge in [-0.3, -0.25) is 4.79 Å². The third-order valence-corrected chi connectivity index (χ3v) is 2.27. The van der Waals surface area contributed by atoms with Crippen molar-refractivity contribution in [1.29, 1.82) is 0 Å². The van der Waals surface area contributed by atoms with E-state index in [9.17, 15) is 9.90 Å². The van der Waals surface area contributed by atoms with Crippen LogP contribution in [0.5, 0.6) is 0 Å². The van der Waals surface area contributed by atoms with Crippen LogP contribution in [0.4, 0.5) is 0 Å². The van der Waals surface area contributed by atoms with Gasteiger partial charge < -0.3 is 16.2 Å². The Morgan fingerprint density at radius 1 is 1.62 bits per heavy atom. The second-order valence-corrected chi connectivity index (χ2v) is 3.90. The number of rotatable bonds is 6. The van der Waals surface area contributed by atoms with Crippen LogP contribution in [0, 0.1) is 5.92 Å². The normalized spacial score (nSPS) is 15.8. The molecule has 1 atom stereocenters. The maximum atomic E-state index is 10.4. The maximum Gasteiger partial charge on any atom is 0.218 e. The Balaban J connectivity index is 3.58. The zero-order valence-electron chi connectivity index (χ0n) is 8.63. The second kappa shape index (κ2) is 5.19. The molecule has 78 valence electrons. The van der Waals surface area contributed by atoms with Crippen molar-refractivity contribution in [3.05, 3.63) is 0 Å². The van der Waals surface area contributed by atoms with E-state index in [0.29, 0.717) is 19.5 Å². The van der Waals surface area contributed by atoms with Gasteiger partial charge in [0.2, 0.25) is 5.91 Å². The first kappa shape index (κ1) is 12.4. The van der Waals surface area contributed by atoms with Gasteiger partial charge in [0.05, 0.1) is 5.60 Å². The number of carbonyl (C=O) groups is 1. The summed E-state index contributed by atoms with van der Waals surface area (Å²) in [5.74, 6) is -0.134. The number of nitrogens with one attached hydrogen (secondary N) is 1.